The van der Waals surface area contributed by atoms with Crippen molar-refractivity contribution in [3.63, 3.8) is 0 Å². The second-order valence-corrected chi connectivity index (χ2v) is 9.38. The molecule has 206 valence electrons. The number of nitrogens with zero attached hydrogens (tertiary/aromatic N) is 4. The van der Waals surface area contributed by atoms with Crippen molar-refractivity contribution >= 4 is 23.7 Å². The van der Waals surface area contributed by atoms with E-state index in [9.17, 15) is 4.79 Å². The third-order valence-corrected chi connectivity index (χ3v) is 6.55. The van der Waals surface area contributed by atoms with Gasteiger partial charge in [-0.1, -0.05) is 6.07 Å². The molecule has 0 atom stereocenters. The van der Waals surface area contributed by atoms with Crippen molar-refractivity contribution < 1.29 is 9.53 Å². The molecule has 39 heavy (non-hydrogen) atoms. The molecule has 3 N–H and O–H groups in total. The first-order valence-corrected chi connectivity index (χ1v) is 13.1. The summed E-state index contributed by atoms with van der Waals surface area (Å²) in [6, 6.07) is 14.4. The van der Waals surface area contributed by atoms with E-state index in [0.717, 1.165) is 73.1 Å². The maximum absolute atomic E-state index is 10.5. The van der Waals surface area contributed by atoms with Crippen LogP contribution >= 0.6 is 0 Å². The number of likely N-dealkylation sites (N-methyl/N-ethyl adjacent to an activating group) is 1. The number of rotatable bonds is 13. The van der Waals surface area contributed by atoms with E-state index in [4.69, 9.17) is 9.72 Å². The van der Waals surface area contributed by atoms with Gasteiger partial charge in [0.15, 0.2) is 0 Å². The van der Waals surface area contributed by atoms with Crippen LogP contribution in [0.2, 0.25) is 0 Å². The van der Waals surface area contributed by atoms with Crippen LogP contribution in [0.4, 0.5) is 17.3 Å². The fourth-order valence-corrected chi connectivity index (χ4v) is 4.66. The lowest BCUT2D eigenvalue weighted by Crippen LogP contribution is -2.28. The summed E-state index contributed by atoms with van der Waals surface area (Å²) in [5.74, 6) is 1.35. The molecular weight excluding hydrogens is 490 g/mol. The summed E-state index contributed by atoms with van der Waals surface area (Å²) < 4.78 is 5.56. The first-order valence-electron chi connectivity index (χ1n) is 13.1. The number of benzene rings is 2. The van der Waals surface area contributed by atoms with Crippen LogP contribution in [0, 0.1) is 12.8 Å². The zero-order valence-electron chi connectivity index (χ0n) is 23.1. The van der Waals surface area contributed by atoms with Gasteiger partial charge in [-0.15, -0.1) is 12.8 Å². The average Bonchev–Trinajstić information content (AvgIpc) is 3.47. The number of hydrogen-bond donors (Lipinski definition) is 3. The molecule has 1 aliphatic rings. The molecule has 3 aromatic rings. The van der Waals surface area contributed by atoms with Gasteiger partial charge in [0, 0.05) is 62.4 Å². The number of nitrogens with one attached hydrogen (secondary N) is 3. The highest BCUT2D eigenvalue weighted by atomic mass is 16.5. The van der Waals surface area contributed by atoms with Gasteiger partial charge in [0.05, 0.1) is 12.8 Å². The molecule has 0 aliphatic carbocycles. The van der Waals surface area contributed by atoms with Crippen LogP contribution in [-0.4, -0.2) is 73.6 Å². The summed E-state index contributed by atoms with van der Waals surface area (Å²) in [4.78, 5) is 24.5. The minimum atomic E-state index is 0.536. The molecule has 2 heterocycles. The molecule has 1 saturated heterocycles. The molecular formula is C30H39N7O2. The number of anilines is 3. The number of amides is 1. The van der Waals surface area contributed by atoms with Gasteiger partial charge in [0.25, 0.3) is 0 Å². The normalized spacial score (nSPS) is 12.9. The Morgan fingerprint density at radius 3 is 2.64 bits per heavy atom. The predicted molar refractivity (Wildman–Crippen MR) is 158 cm³/mol. The maximum Gasteiger partial charge on any atom is 0.227 e. The van der Waals surface area contributed by atoms with E-state index >= 15 is 0 Å². The Kier molecular flexibility index (Phi) is 11.6. The van der Waals surface area contributed by atoms with Gasteiger partial charge >= 0.3 is 0 Å². The zero-order valence-corrected chi connectivity index (χ0v) is 23.1. The summed E-state index contributed by atoms with van der Waals surface area (Å²) in [7, 11) is 5.65. The molecule has 9 nitrogen and oxygen atoms in total. The molecule has 0 radical (unpaired) electrons. The van der Waals surface area contributed by atoms with Crippen molar-refractivity contribution in [3.8, 4) is 29.9 Å². The SMILES string of the molecule is C#C.CNc1ccc(-c2ccnc(Nc3cc(CN4CCCC4)cc(OC)c3)n2)cc1CN(C)CCNC=O. The van der Waals surface area contributed by atoms with Gasteiger partial charge < -0.3 is 25.6 Å². The smallest absolute Gasteiger partial charge is 0.227 e. The van der Waals surface area contributed by atoms with Crippen LogP contribution in [0.15, 0.2) is 48.7 Å². The maximum atomic E-state index is 10.5. The molecule has 0 spiro atoms. The van der Waals surface area contributed by atoms with E-state index in [-0.39, 0.29) is 0 Å². The van der Waals surface area contributed by atoms with E-state index in [0.29, 0.717) is 12.5 Å². The van der Waals surface area contributed by atoms with Crippen LogP contribution < -0.4 is 20.7 Å². The fraction of sp³-hybridized carbons (Fsp3) is 0.367. The number of carbonyl (C=O) groups excluding carboxylic acids is 1. The average molecular weight is 530 g/mol. The van der Waals surface area contributed by atoms with Gasteiger partial charge in [0.2, 0.25) is 12.4 Å². The first-order chi connectivity index (χ1) is 19.1. The number of carbonyl (C=O) groups is 1. The van der Waals surface area contributed by atoms with Gasteiger partial charge in [-0.3, -0.25) is 9.69 Å². The van der Waals surface area contributed by atoms with Gasteiger partial charge in [-0.2, -0.15) is 0 Å². The number of ether oxygens (including phenoxy) is 1. The minimum absolute atomic E-state index is 0.536. The van der Waals surface area contributed by atoms with E-state index in [1.54, 1.807) is 13.3 Å². The number of terminal acetylenes is 1. The van der Waals surface area contributed by atoms with Gasteiger partial charge in [-0.25, -0.2) is 9.97 Å². The van der Waals surface area contributed by atoms with E-state index < -0.39 is 0 Å². The second-order valence-electron chi connectivity index (χ2n) is 9.38. The Morgan fingerprint density at radius 1 is 1.13 bits per heavy atom. The van der Waals surface area contributed by atoms with Crippen molar-refractivity contribution in [3.05, 3.63) is 59.8 Å². The quantitative estimate of drug-likeness (QED) is 0.174. The molecule has 0 saturated carbocycles. The molecule has 1 amide bonds. The third-order valence-electron chi connectivity index (χ3n) is 6.55. The summed E-state index contributed by atoms with van der Waals surface area (Å²) in [5.41, 5.74) is 6.18. The number of methoxy groups -OCH3 is 1. The Morgan fingerprint density at radius 2 is 1.92 bits per heavy atom. The number of aromatic nitrogens is 2. The van der Waals surface area contributed by atoms with Crippen LogP contribution in [0.1, 0.15) is 24.0 Å². The predicted octanol–water partition coefficient (Wildman–Crippen LogP) is 3.96. The standard InChI is InChI=1S/C28H37N7O2.C2H2/c1-29-26-7-6-22(16-23(26)19-34(2)13-10-30-20-36)27-8-9-31-28(33-27)32-24-14-21(15-25(17-24)37-3)18-35-11-4-5-12-35;1-2/h6-9,14-17,20,29H,4-5,10-13,18-19H2,1-3H3,(H,30,36)(H,31,32,33);1-2H. The van der Waals surface area contributed by atoms with Crippen molar-refractivity contribution in [2.45, 2.75) is 25.9 Å². The third kappa shape index (κ3) is 8.70. The van der Waals surface area contributed by atoms with Crippen molar-refractivity contribution in [2.24, 2.45) is 0 Å². The van der Waals surface area contributed by atoms with E-state index in [2.05, 4.69) is 73.9 Å². The highest BCUT2D eigenvalue weighted by molar-refractivity contribution is 5.67. The second kappa shape index (κ2) is 15.3. The van der Waals surface area contributed by atoms with Crippen LogP contribution in [-0.2, 0) is 17.9 Å². The monoisotopic (exact) mass is 529 g/mol. The van der Waals surface area contributed by atoms with Crippen molar-refractivity contribution in [2.75, 3.05) is 58.0 Å². The lowest BCUT2D eigenvalue weighted by molar-refractivity contribution is -0.109. The van der Waals surface area contributed by atoms with Gasteiger partial charge in [0.1, 0.15) is 5.75 Å². The zero-order chi connectivity index (χ0) is 28.0. The number of likely N-dealkylation sites (tertiary alicyclic amines) is 1. The topological polar surface area (TPSA) is 94.7 Å². The highest BCUT2D eigenvalue weighted by Gasteiger charge is 2.14. The Bertz CT molecular complexity index is 1220. The Hall–Kier alpha value is -4.13. The lowest BCUT2D eigenvalue weighted by Gasteiger charge is -2.19. The summed E-state index contributed by atoms with van der Waals surface area (Å²) >= 11 is 0. The van der Waals surface area contributed by atoms with Crippen molar-refractivity contribution in [1.29, 1.82) is 0 Å². The lowest BCUT2D eigenvalue weighted by atomic mass is 10.1. The molecule has 1 fully saturated rings. The van der Waals surface area contributed by atoms with E-state index in [1.165, 1.54) is 18.4 Å². The summed E-state index contributed by atoms with van der Waals surface area (Å²) in [6.45, 7) is 5.31. The molecule has 2 aromatic carbocycles. The number of hydrogen-bond acceptors (Lipinski definition) is 8. The van der Waals surface area contributed by atoms with Crippen LogP contribution in [0.5, 0.6) is 5.75 Å². The molecule has 1 aliphatic heterocycles. The highest BCUT2D eigenvalue weighted by Crippen LogP contribution is 2.28. The summed E-state index contributed by atoms with van der Waals surface area (Å²) in [5, 5.41) is 9.36. The Balaban J connectivity index is 0.00000205. The Labute approximate surface area is 232 Å². The molecule has 0 unspecified atom stereocenters. The molecule has 0 bridgehead atoms. The molecule has 4 rings (SSSR count). The van der Waals surface area contributed by atoms with Gasteiger partial charge in [-0.05, 0) is 74.4 Å². The largest absolute Gasteiger partial charge is 0.497 e. The fourth-order valence-electron chi connectivity index (χ4n) is 4.66. The first kappa shape index (κ1) is 29.4. The van der Waals surface area contributed by atoms with Crippen LogP contribution in [0.3, 0.4) is 0 Å². The van der Waals surface area contributed by atoms with Crippen molar-refractivity contribution in [1.82, 2.24) is 25.1 Å². The van der Waals surface area contributed by atoms with Crippen LogP contribution in [0.25, 0.3) is 11.3 Å². The van der Waals surface area contributed by atoms with E-state index in [1.807, 2.05) is 26.2 Å². The minimum Gasteiger partial charge on any atom is -0.497 e. The molecule has 1 aromatic heterocycles. The molecule has 9 heteroatoms. The summed E-state index contributed by atoms with van der Waals surface area (Å²) in [6.07, 6.45) is 13.0.